The van der Waals surface area contributed by atoms with E-state index >= 15 is 0 Å². The van der Waals surface area contributed by atoms with Crippen molar-refractivity contribution in [3.63, 3.8) is 0 Å². The van der Waals surface area contributed by atoms with Gasteiger partial charge in [-0.1, -0.05) is 0 Å². The molecule has 0 amide bonds. The van der Waals surface area contributed by atoms with Crippen LogP contribution in [0.4, 0.5) is 0 Å². The first-order valence-electron chi connectivity index (χ1n) is 4.19. The molecule has 1 aliphatic heterocycles. The van der Waals surface area contributed by atoms with Gasteiger partial charge in [-0.3, -0.25) is 0 Å². The molecule has 2 fully saturated rings. The monoisotopic (exact) mass is 159 g/mol. The van der Waals surface area contributed by atoms with Gasteiger partial charge in [-0.25, -0.2) is 0 Å². The molecule has 0 aromatic heterocycles. The smallest absolute Gasteiger partial charge is 0.0342 e. The minimum absolute atomic E-state index is 0.478. The van der Waals surface area contributed by atoms with Crippen LogP contribution in [0.2, 0.25) is 0 Å². The van der Waals surface area contributed by atoms with E-state index in [4.69, 9.17) is 11.6 Å². The number of rotatable bonds is 0. The summed E-state index contributed by atoms with van der Waals surface area (Å²) in [6.07, 6.45) is 3.91. The van der Waals surface area contributed by atoms with E-state index in [9.17, 15) is 0 Å². The Morgan fingerprint density at radius 1 is 1.00 bits per heavy atom. The van der Waals surface area contributed by atoms with Crippen LogP contribution in [0, 0.1) is 11.8 Å². The maximum absolute atomic E-state index is 6.09. The second-order valence-electron chi connectivity index (χ2n) is 3.69. The van der Waals surface area contributed by atoms with Gasteiger partial charge in [0, 0.05) is 5.38 Å². The SMILES string of the molecule is ClC1CC2CNCC(C1)C2. The molecular weight excluding hydrogens is 146 g/mol. The Bertz CT molecular complexity index is 110. The summed E-state index contributed by atoms with van der Waals surface area (Å²) in [6, 6.07) is 0. The lowest BCUT2D eigenvalue weighted by atomic mass is 9.78. The topological polar surface area (TPSA) is 12.0 Å². The van der Waals surface area contributed by atoms with Crippen LogP contribution in [-0.2, 0) is 0 Å². The molecular formula is C8H14ClN. The van der Waals surface area contributed by atoms with Crippen molar-refractivity contribution in [2.75, 3.05) is 13.1 Å². The summed E-state index contributed by atoms with van der Waals surface area (Å²) in [6.45, 7) is 2.42. The number of hydrogen-bond acceptors (Lipinski definition) is 1. The van der Waals surface area contributed by atoms with E-state index in [0.29, 0.717) is 5.38 Å². The molecule has 1 saturated carbocycles. The summed E-state index contributed by atoms with van der Waals surface area (Å²) >= 11 is 6.09. The lowest BCUT2D eigenvalue weighted by Crippen LogP contribution is -2.41. The third kappa shape index (κ3) is 1.30. The molecule has 58 valence electrons. The number of fused-ring (bicyclic) bond motifs is 2. The standard InChI is InChI=1S/C8H14ClN/c9-8-2-6-1-7(3-8)5-10-4-6/h6-8,10H,1-5H2. The highest BCUT2D eigenvalue weighted by Crippen LogP contribution is 2.33. The number of hydrogen-bond donors (Lipinski definition) is 1. The van der Waals surface area contributed by atoms with Gasteiger partial charge in [0.25, 0.3) is 0 Å². The molecule has 1 N–H and O–H groups in total. The Labute approximate surface area is 67.1 Å². The molecule has 1 heterocycles. The van der Waals surface area contributed by atoms with Crippen LogP contribution in [0.15, 0.2) is 0 Å². The summed E-state index contributed by atoms with van der Waals surface area (Å²) in [5.41, 5.74) is 0. The van der Waals surface area contributed by atoms with Crippen LogP contribution in [0.3, 0.4) is 0 Å². The second kappa shape index (κ2) is 2.71. The third-order valence-corrected chi connectivity index (χ3v) is 3.07. The van der Waals surface area contributed by atoms with E-state index in [1.54, 1.807) is 0 Å². The summed E-state index contributed by atoms with van der Waals surface area (Å²) in [4.78, 5) is 0. The van der Waals surface area contributed by atoms with Crippen LogP contribution in [0.25, 0.3) is 0 Å². The van der Waals surface area contributed by atoms with Gasteiger partial charge < -0.3 is 5.32 Å². The molecule has 2 unspecified atom stereocenters. The molecule has 10 heavy (non-hydrogen) atoms. The highest BCUT2D eigenvalue weighted by molar-refractivity contribution is 6.20. The van der Waals surface area contributed by atoms with Gasteiger partial charge in [-0.15, -0.1) is 11.6 Å². The van der Waals surface area contributed by atoms with Gasteiger partial charge in [0.15, 0.2) is 0 Å². The lowest BCUT2D eigenvalue weighted by molar-refractivity contribution is 0.211. The average molecular weight is 160 g/mol. The van der Waals surface area contributed by atoms with Gasteiger partial charge in [0.2, 0.25) is 0 Å². The van der Waals surface area contributed by atoms with Crippen LogP contribution in [-0.4, -0.2) is 18.5 Å². The van der Waals surface area contributed by atoms with E-state index in [-0.39, 0.29) is 0 Å². The molecule has 2 atom stereocenters. The van der Waals surface area contributed by atoms with Gasteiger partial charge in [0.1, 0.15) is 0 Å². The average Bonchev–Trinajstić information content (AvgIpc) is 1.85. The van der Waals surface area contributed by atoms with Crippen LogP contribution in [0.1, 0.15) is 19.3 Å². The fourth-order valence-electron chi connectivity index (χ4n) is 2.31. The summed E-state index contributed by atoms with van der Waals surface area (Å²) in [5, 5.41) is 3.93. The molecule has 0 spiro atoms. The van der Waals surface area contributed by atoms with Crippen LogP contribution in [0.5, 0.6) is 0 Å². The summed E-state index contributed by atoms with van der Waals surface area (Å²) < 4.78 is 0. The number of piperidine rings is 1. The zero-order chi connectivity index (χ0) is 6.97. The number of alkyl halides is 1. The van der Waals surface area contributed by atoms with Crippen molar-refractivity contribution in [1.82, 2.24) is 5.32 Å². The predicted octanol–water partition coefficient (Wildman–Crippen LogP) is 1.61. The summed E-state index contributed by atoms with van der Waals surface area (Å²) in [5.74, 6) is 1.77. The number of nitrogens with one attached hydrogen (secondary N) is 1. The molecule has 0 aromatic rings. The Morgan fingerprint density at radius 3 is 2.20 bits per heavy atom. The van der Waals surface area contributed by atoms with Crippen molar-refractivity contribution >= 4 is 11.6 Å². The van der Waals surface area contributed by atoms with Crippen molar-refractivity contribution in [1.29, 1.82) is 0 Å². The Hall–Kier alpha value is 0.250. The molecule has 2 heteroatoms. The van der Waals surface area contributed by atoms with Crippen molar-refractivity contribution in [3.8, 4) is 0 Å². The van der Waals surface area contributed by atoms with Gasteiger partial charge in [-0.2, -0.15) is 0 Å². The van der Waals surface area contributed by atoms with Gasteiger partial charge in [0.05, 0.1) is 0 Å². The zero-order valence-electron chi connectivity index (χ0n) is 6.15. The molecule has 1 nitrogen and oxygen atoms in total. The first-order valence-corrected chi connectivity index (χ1v) is 4.63. The zero-order valence-corrected chi connectivity index (χ0v) is 6.90. The molecule has 2 aliphatic rings. The van der Waals surface area contributed by atoms with E-state index < -0.39 is 0 Å². The normalized spacial score (nSPS) is 47.1. The molecule has 2 bridgehead atoms. The predicted molar refractivity (Wildman–Crippen MR) is 43.3 cm³/mol. The van der Waals surface area contributed by atoms with Crippen LogP contribution >= 0.6 is 11.6 Å². The largest absolute Gasteiger partial charge is 0.316 e. The van der Waals surface area contributed by atoms with E-state index in [1.165, 1.54) is 32.4 Å². The molecule has 2 rings (SSSR count). The fraction of sp³-hybridized carbons (Fsp3) is 1.00. The highest BCUT2D eigenvalue weighted by atomic mass is 35.5. The van der Waals surface area contributed by atoms with Crippen molar-refractivity contribution < 1.29 is 0 Å². The maximum atomic E-state index is 6.09. The Balaban J connectivity index is 1.98. The third-order valence-electron chi connectivity index (χ3n) is 2.71. The van der Waals surface area contributed by atoms with Crippen LogP contribution < -0.4 is 5.32 Å². The molecule has 0 aromatic carbocycles. The Kier molecular flexibility index (Phi) is 1.88. The minimum Gasteiger partial charge on any atom is -0.316 e. The van der Waals surface area contributed by atoms with Gasteiger partial charge >= 0.3 is 0 Å². The van der Waals surface area contributed by atoms with E-state index in [0.717, 1.165) is 11.8 Å². The first kappa shape index (κ1) is 6.93. The lowest BCUT2D eigenvalue weighted by Gasteiger charge is -2.37. The van der Waals surface area contributed by atoms with E-state index in [2.05, 4.69) is 5.32 Å². The van der Waals surface area contributed by atoms with Crippen molar-refractivity contribution in [3.05, 3.63) is 0 Å². The first-order chi connectivity index (χ1) is 4.84. The summed E-state index contributed by atoms with van der Waals surface area (Å²) in [7, 11) is 0. The quantitative estimate of drug-likeness (QED) is 0.530. The number of halogens is 1. The van der Waals surface area contributed by atoms with E-state index in [1.807, 2.05) is 0 Å². The molecule has 0 radical (unpaired) electrons. The maximum Gasteiger partial charge on any atom is 0.0342 e. The molecule has 1 aliphatic carbocycles. The second-order valence-corrected chi connectivity index (χ2v) is 4.31. The molecule has 1 saturated heterocycles. The van der Waals surface area contributed by atoms with Crippen molar-refractivity contribution in [2.45, 2.75) is 24.6 Å². The van der Waals surface area contributed by atoms with Crippen molar-refractivity contribution in [2.24, 2.45) is 11.8 Å². The van der Waals surface area contributed by atoms with Gasteiger partial charge in [-0.05, 0) is 44.2 Å². The highest BCUT2D eigenvalue weighted by Gasteiger charge is 2.30. The Morgan fingerprint density at radius 2 is 1.60 bits per heavy atom. The fourth-order valence-corrected chi connectivity index (χ4v) is 2.81. The minimum atomic E-state index is 0.478.